The molecule has 0 bridgehead atoms. The molecule has 0 amide bonds. The molecule has 6 heteroatoms. The lowest BCUT2D eigenvalue weighted by Crippen LogP contribution is -2.37. The van der Waals surface area contributed by atoms with Crippen LogP contribution in [0.25, 0.3) is 0 Å². The Balaban J connectivity index is 2.77. The number of rotatable bonds is 2. The van der Waals surface area contributed by atoms with Crippen LogP contribution >= 0.6 is 15.9 Å². The van der Waals surface area contributed by atoms with Gasteiger partial charge in [0, 0.05) is 22.0 Å². The van der Waals surface area contributed by atoms with Gasteiger partial charge in [0.15, 0.2) is 0 Å². The van der Waals surface area contributed by atoms with Crippen molar-refractivity contribution in [3.63, 3.8) is 0 Å². The number of hydrogen-bond acceptors (Lipinski definition) is 2. The first-order valence-corrected chi connectivity index (χ1v) is 4.57. The van der Waals surface area contributed by atoms with Crippen molar-refractivity contribution < 1.29 is 4.74 Å². The van der Waals surface area contributed by atoms with Gasteiger partial charge in [0.1, 0.15) is 23.5 Å². The number of pyridine rings is 1. The minimum atomic E-state index is -0.187. The van der Waals surface area contributed by atoms with Gasteiger partial charge in [-0.3, -0.25) is 0 Å². The molecule has 0 aliphatic heterocycles. The largest absolute Gasteiger partial charge is 0.499 e. The summed E-state index contributed by atoms with van der Waals surface area (Å²) in [7, 11) is 5.99. The molecule has 0 saturated heterocycles. The van der Waals surface area contributed by atoms with E-state index >= 15 is 0 Å². The maximum absolute atomic E-state index is 5.54. The van der Waals surface area contributed by atoms with Crippen LogP contribution < -0.4 is 4.74 Å². The van der Waals surface area contributed by atoms with Gasteiger partial charge in [0.25, 0.3) is 0 Å². The van der Waals surface area contributed by atoms with E-state index in [-0.39, 0.29) is 5.30 Å². The van der Waals surface area contributed by atoms with E-state index in [1.54, 1.807) is 6.20 Å². The molecular formula is C6H9B3BrNO. The Bertz CT molecular complexity index is 276. The van der Waals surface area contributed by atoms with Crippen molar-refractivity contribution in [2.45, 2.75) is 5.30 Å². The van der Waals surface area contributed by atoms with E-state index in [0.717, 1.165) is 4.47 Å². The molecule has 0 aliphatic carbocycles. The van der Waals surface area contributed by atoms with Crippen LogP contribution in [-0.2, 0) is 0 Å². The third-order valence-electron chi connectivity index (χ3n) is 1.11. The minimum absolute atomic E-state index is 0.187. The number of hydrogen-bond donors (Lipinski definition) is 0. The molecule has 1 heterocycles. The molecule has 0 N–H and O–H groups in total. The molecule has 0 aromatic carbocycles. The Kier molecular flexibility index (Phi) is 2.88. The van der Waals surface area contributed by atoms with Gasteiger partial charge in [-0.25, -0.2) is 4.98 Å². The van der Waals surface area contributed by atoms with E-state index in [9.17, 15) is 0 Å². The number of halogens is 1. The molecular weight excluding hydrogens is 214 g/mol. The molecule has 12 heavy (non-hydrogen) atoms. The fourth-order valence-electron chi connectivity index (χ4n) is 0.755. The molecule has 0 radical (unpaired) electrons. The molecule has 0 unspecified atom stereocenters. The maximum Gasteiger partial charge on any atom is 0.212 e. The zero-order valence-electron chi connectivity index (χ0n) is 7.47. The normalized spacial score (nSPS) is 11.1. The van der Waals surface area contributed by atoms with Crippen LogP contribution in [0.5, 0.6) is 5.88 Å². The van der Waals surface area contributed by atoms with Crippen LogP contribution in [0.3, 0.4) is 0 Å². The molecule has 1 rings (SSSR count). The van der Waals surface area contributed by atoms with E-state index in [1.165, 1.54) is 0 Å². The molecule has 0 fully saturated rings. The monoisotopic (exact) mass is 223 g/mol. The molecule has 60 valence electrons. The van der Waals surface area contributed by atoms with Crippen molar-refractivity contribution >= 4 is 39.5 Å². The van der Waals surface area contributed by atoms with Crippen LogP contribution in [0.15, 0.2) is 22.8 Å². The number of aromatic nitrogens is 1. The van der Waals surface area contributed by atoms with E-state index in [4.69, 9.17) is 4.74 Å². The van der Waals surface area contributed by atoms with Gasteiger partial charge in [0.2, 0.25) is 5.88 Å². The summed E-state index contributed by atoms with van der Waals surface area (Å²) in [6, 6.07) is 3.72. The van der Waals surface area contributed by atoms with E-state index in [2.05, 4.69) is 20.9 Å². The summed E-state index contributed by atoms with van der Waals surface area (Å²) in [6.07, 6.45) is 1.71. The molecule has 0 saturated carbocycles. The molecule has 1 aromatic rings. The second-order valence-corrected chi connectivity index (χ2v) is 4.44. The molecule has 0 atom stereocenters. The summed E-state index contributed by atoms with van der Waals surface area (Å²) in [5.41, 5.74) is 0. The first-order chi connectivity index (χ1) is 5.47. The highest BCUT2D eigenvalue weighted by molar-refractivity contribution is 9.10. The highest BCUT2D eigenvalue weighted by Crippen LogP contribution is 2.16. The molecule has 0 spiro atoms. The zero-order valence-corrected chi connectivity index (χ0v) is 9.05. The Morgan fingerprint density at radius 3 is 2.58 bits per heavy atom. The van der Waals surface area contributed by atoms with E-state index < -0.39 is 0 Å². The lowest BCUT2D eigenvalue weighted by atomic mass is 9.52. The zero-order chi connectivity index (χ0) is 9.19. The molecule has 2 nitrogen and oxygen atoms in total. The van der Waals surface area contributed by atoms with Crippen LogP contribution in [0.4, 0.5) is 0 Å². The Morgan fingerprint density at radius 2 is 2.08 bits per heavy atom. The van der Waals surface area contributed by atoms with Gasteiger partial charge in [-0.1, -0.05) is 15.9 Å². The lowest BCUT2D eigenvalue weighted by molar-refractivity contribution is 0.305. The molecule has 1 aromatic heterocycles. The second-order valence-electron chi connectivity index (χ2n) is 3.53. The van der Waals surface area contributed by atoms with Crippen molar-refractivity contribution in [3.05, 3.63) is 22.8 Å². The summed E-state index contributed by atoms with van der Waals surface area (Å²) in [5, 5.41) is -0.187. The SMILES string of the molecule is BC(B)(B)Oc1cc(Br)ccn1. The third-order valence-corrected chi connectivity index (χ3v) is 1.60. The van der Waals surface area contributed by atoms with Gasteiger partial charge >= 0.3 is 0 Å². The summed E-state index contributed by atoms with van der Waals surface area (Å²) in [4.78, 5) is 4.07. The second kappa shape index (κ2) is 3.56. The fourth-order valence-corrected chi connectivity index (χ4v) is 1.07. The standard InChI is InChI=1S/C6H9B3BrNO/c7-6(8,9)12-5-3-4(10)1-2-11-5/h1-3H,7-9H2. The topological polar surface area (TPSA) is 22.1 Å². The Morgan fingerprint density at radius 1 is 1.42 bits per heavy atom. The average Bonchev–Trinajstić information content (AvgIpc) is 1.82. The highest BCUT2D eigenvalue weighted by Gasteiger charge is 2.12. The Hall–Kier alpha value is -0.375. The summed E-state index contributed by atoms with van der Waals surface area (Å²) < 4.78 is 6.52. The van der Waals surface area contributed by atoms with E-state index in [0.29, 0.717) is 5.88 Å². The van der Waals surface area contributed by atoms with E-state index in [1.807, 2.05) is 35.7 Å². The van der Waals surface area contributed by atoms with Crippen molar-refractivity contribution in [2.24, 2.45) is 0 Å². The van der Waals surface area contributed by atoms with Gasteiger partial charge in [-0.15, -0.1) is 0 Å². The summed E-state index contributed by atoms with van der Waals surface area (Å²) in [5.74, 6) is 0.650. The van der Waals surface area contributed by atoms with Gasteiger partial charge in [-0.05, 0) is 6.07 Å². The smallest absolute Gasteiger partial charge is 0.212 e. The number of nitrogens with zero attached hydrogens (tertiary/aromatic N) is 1. The predicted molar refractivity (Wildman–Crippen MR) is 60.9 cm³/mol. The van der Waals surface area contributed by atoms with Gasteiger partial charge < -0.3 is 4.74 Å². The quantitative estimate of drug-likeness (QED) is 0.584. The average molecular weight is 223 g/mol. The third kappa shape index (κ3) is 3.35. The van der Waals surface area contributed by atoms with Crippen LogP contribution in [0.1, 0.15) is 0 Å². The number of ether oxygens (including phenoxy) is 1. The van der Waals surface area contributed by atoms with Gasteiger partial charge in [-0.2, -0.15) is 0 Å². The van der Waals surface area contributed by atoms with Crippen LogP contribution in [0.2, 0.25) is 0 Å². The minimum Gasteiger partial charge on any atom is -0.499 e. The van der Waals surface area contributed by atoms with Crippen molar-refractivity contribution in [1.82, 2.24) is 4.98 Å². The lowest BCUT2D eigenvalue weighted by Gasteiger charge is -2.20. The summed E-state index contributed by atoms with van der Waals surface area (Å²) >= 11 is 3.35. The van der Waals surface area contributed by atoms with Crippen LogP contribution in [0, 0.1) is 0 Å². The predicted octanol–water partition coefficient (Wildman–Crippen LogP) is -1.27. The highest BCUT2D eigenvalue weighted by atomic mass is 79.9. The van der Waals surface area contributed by atoms with Gasteiger partial charge in [0.05, 0.1) is 0 Å². The summed E-state index contributed by atoms with van der Waals surface area (Å²) in [6.45, 7) is 0. The van der Waals surface area contributed by atoms with Crippen molar-refractivity contribution in [3.8, 4) is 5.88 Å². The van der Waals surface area contributed by atoms with Crippen LogP contribution in [-0.4, -0.2) is 33.8 Å². The first kappa shape index (κ1) is 9.71. The fraction of sp³-hybridized carbons (Fsp3) is 0.167. The molecule has 0 aliphatic rings. The Labute approximate surface area is 83.5 Å². The van der Waals surface area contributed by atoms with Crippen molar-refractivity contribution in [2.75, 3.05) is 0 Å². The maximum atomic E-state index is 5.54. The first-order valence-electron chi connectivity index (χ1n) is 3.78. The van der Waals surface area contributed by atoms with Crippen molar-refractivity contribution in [1.29, 1.82) is 0 Å².